The summed E-state index contributed by atoms with van der Waals surface area (Å²) in [5, 5.41) is 9.87. The van der Waals surface area contributed by atoms with E-state index in [1.165, 1.54) is 0 Å². The van der Waals surface area contributed by atoms with E-state index in [0.717, 1.165) is 24.8 Å². The molecule has 0 amide bonds. The highest BCUT2D eigenvalue weighted by atomic mass is 16.6. The van der Waals surface area contributed by atoms with Crippen LogP contribution in [0.25, 0.3) is 0 Å². The number of aliphatic hydroxyl groups excluding tert-OH is 1. The average Bonchev–Trinajstić information content (AvgIpc) is 2.58. The molecule has 1 aliphatic carbocycles. The van der Waals surface area contributed by atoms with Crippen LogP contribution in [-0.2, 0) is 9.53 Å². The Bertz CT molecular complexity index is 328. The van der Waals surface area contributed by atoms with Gasteiger partial charge < -0.3 is 9.84 Å². The summed E-state index contributed by atoms with van der Waals surface area (Å²) in [4.78, 5) is 11.5. The van der Waals surface area contributed by atoms with Crippen molar-refractivity contribution in [3.63, 3.8) is 0 Å². The van der Waals surface area contributed by atoms with Crippen molar-refractivity contribution >= 4 is 5.97 Å². The summed E-state index contributed by atoms with van der Waals surface area (Å²) in [5.41, 5.74) is 1.66. The van der Waals surface area contributed by atoms with Gasteiger partial charge in [0.1, 0.15) is 0 Å². The highest BCUT2D eigenvalue weighted by Crippen LogP contribution is 2.33. The van der Waals surface area contributed by atoms with Gasteiger partial charge in [-0.25, -0.2) is 4.79 Å². The van der Waals surface area contributed by atoms with Gasteiger partial charge in [0.2, 0.25) is 0 Å². The van der Waals surface area contributed by atoms with E-state index < -0.39 is 12.2 Å². The first-order valence-corrected chi connectivity index (χ1v) is 5.52. The van der Waals surface area contributed by atoms with Crippen molar-refractivity contribution in [2.24, 2.45) is 0 Å². The van der Waals surface area contributed by atoms with Gasteiger partial charge in [-0.2, -0.15) is 0 Å². The van der Waals surface area contributed by atoms with Crippen molar-refractivity contribution in [1.82, 2.24) is 0 Å². The Balaban J connectivity index is 2.19. The second-order valence-corrected chi connectivity index (χ2v) is 4.06. The van der Waals surface area contributed by atoms with Gasteiger partial charge in [0.15, 0.2) is 6.10 Å². The van der Waals surface area contributed by atoms with E-state index in [0.29, 0.717) is 12.0 Å². The van der Waals surface area contributed by atoms with Gasteiger partial charge in [-0.15, -0.1) is 0 Å². The first kappa shape index (κ1) is 10.4. The molecule has 3 heteroatoms. The van der Waals surface area contributed by atoms with Crippen LogP contribution in [0.2, 0.25) is 0 Å². The molecule has 0 saturated heterocycles. The summed E-state index contributed by atoms with van der Waals surface area (Å²) >= 11 is 0. The molecule has 1 aliphatic heterocycles. The predicted molar refractivity (Wildman–Crippen MR) is 56.2 cm³/mol. The minimum Gasteiger partial charge on any atom is -0.451 e. The smallest absolute Gasteiger partial charge is 0.338 e. The zero-order valence-corrected chi connectivity index (χ0v) is 8.90. The van der Waals surface area contributed by atoms with E-state index in [2.05, 4.69) is 0 Å². The third-order valence-corrected chi connectivity index (χ3v) is 2.94. The van der Waals surface area contributed by atoms with Crippen LogP contribution in [0.3, 0.4) is 0 Å². The molecule has 0 fully saturated rings. The molecule has 0 unspecified atom stereocenters. The minimum absolute atomic E-state index is 0.277. The monoisotopic (exact) mass is 208 g/mol. The molecule has 2 atom stereocenters. The van der Waals surface area contributed by atoms with Crippen LogP contribution in [-0.4, -0.2) is 23.3 Å². The van der Waals surface area contributed by atoms with Crippen LogP contribution in [0.15, 0.2) is 23.3 Å². The van der Waals surface area contributed by atoms with Crippen LogP contribution < -0.4 is 0 Å². The lowest BCUT2D eigenvalue weighted by Gasteiger charge is -2.20. The molecule has 1 N–H and O–H groups in total. The molecule has 15 heavy (non-hydrogen) atoms. The summed E-state index contributed by atoms with van der Waals surface area (Å²) in [7, 11) is 0. The Kier molecular flexibility index (Phi) is 2.91. The number of hydrogen-bond donors (Lipinski definition) is 1. The van der Waals surface area contributed by atoms with Gasteiger partial charge in [-0.05, 0) is 24.8 Å². The standard InChI is InChI=1S/C12H16O3/c1-2-5-10(13)11-8-6-3-4-7-9(8)12(14)15-11/h4,7,10-11,13H,2-3,5-6H2,1H3/t10-,11-/m1/s1. The Hall–Kier alpha value is -1.09. The molecule has 2 rings (SSSR count). The largest absolute Gasteiger partial charge is 0.451 e. The van der Waals surface area contributed by atoms with Crippen molar-refractivity contribution in [3.8, 4) is 0 Å². The van der Waals surface area contributed by atoms with Gasteiger partial charge >= 0.3 is 5.97 Å². The Morgan fingerprint density at radius 3 is 3.20 bits per heavy atom. The van der Waals surface area contributed by atoms with Crippen molar-refractivity contribution in [2.45, 2.75) is 44.8 Å². The molecule has 0 bridgehead atoms. The molecule has 3 nitrogen and oxygen atoms in total. The number of allylic oxidation sites excluding steroid dienone is 1. The van der Waals surface area contributed by atoms with E-state index in [1.807, 2.05) is 19.1 Å². The van der Waals surface area contributed by atoms with Gasteiger partial charge in [0.25, 0.3) is 0 Å². The number of ether oxygens (including phenoxy) is 1. The fraction of sp³-hybridized carbons (Fsp3) is 0.583. The lowest BCUT2D eigenvalue weighted by atomic mass is 9.92. The molecule has 0 saturated carbocycles. The second kappa shape index (κ2) is 4.19. The highest BCUT2D eigenvalue weighted by Gasteiger charge is 2.37. The van der Waals surface area contributed by atoms with E-state index in [4.69, 9.17) is 4.74 Å². The first-order valence-electron chi connectivity index (χ1n) is 5.52. The molecule has 0 aromatic rings. The lowest BCUT2D eigenvalue weighted by molar-refractivity contribution is -0.143. The summed E-state index contributed by atoms with van der Waals surface area (Å²) < 4.78 is 5.21. The third-order valence-electron chi connectivity index (χ3n) is 2.94. The molecule has 2 aliphatic rings. The zero-order chi connectivity index (χ0) is 10.8. The maximum absolute atomic E-state index is 11.5. The number of cyclic esters (lactones) is 1. The Morgan fingerprint density at radius 2 is 2.47 bits per heavy atom. The number of carbonyl (C=O) groups is 1. The van der Waals surface area contributed by atoms with Crippen molar-refractivity contribution in [2.75, 3.05) is 0 Å². The van der Waals surface area contributed by atoms with Crippen LogP contribution in [0.1, 0.15) is 32.6 Å². The quantitative estimate of drug-likeness (QED) is 0.718. The van der Waals surface area contributed by atoms with Crippen molar-refractivity contribution < 1.29 is 14.6 Å². The predicted octanol–water partition coefficient (Wildman–Crippen LogP) is 1.72. The van der Waals surface area contributed by atoms with Crippen LogP contribution in [0, 0.1) is 0 Å². The number of hydrogen-bond acceptors (Lipinski definition) is 3. The van der Waals surface area contributed by atoms with E-state index >= 15 is 0 Å². The van der Waals surface area contributed by atoms with Crippen LogP contribution >= 0.6 is 0 Å². The number of carbonyl (C=O) groups excluding carboxylic acids is 1. The second-order valence-electron chi connectivity index (χ2n) is 4.06. The molecule has 0 aromatic carbocycles. The highest BCUT2D eigenvalue weighted by molar-refractivity contribution is 5.95. The maximum atomic E-state index is 11.5. The molecule has 82 valence electrons. The fourth-order valence-electron chi connectivity index (χ4n) is 2.18. The average molecular weight is 208 g/mol. The van der Waals surface area contributed by atoms with Gasteiger partial charge in [-0.3, -0.25) is 0 Å². The first-order chi connectivity index (χ1) is 7.24. The Morgan fingerprint density at radius 1 is 1.67 bits per heavy atom. The lowest BCUT2D eigenvalue weighted by Crippen LogP contribution is -2.28. The molecule has 0 radical (unpaired) electrons. The molecular formula is C12H16O3. The molecule has 0 spiro atoms. The number of rotatable bonds is 3. The summed E-state index contributed by atoms with van der Waals surface area (Å²) in [5.74, 6) is -0.277. The van der Waals surface area contributed by atoms with Gasteiger partial charge in [0, 0.05) is 0 Å². The number of esters is 1. The van der Waals surface area contributed by atoms with E-state index in [9.17, 15) is 9.90 Å². The zero-order valence-electron chi connectivity index (χ0n) is 8.90. The van der Waals surface area contributed by atoms with Crippen LogP contribution in [0.5, 0.6) is 0 Å². The normalized spacial score (nSPS) is 26.5. The van der Waals surface area contributed by atoms with Crippen molar-refractivity contribution in [3.05, 3.63) is 23.3 Å². The van der Waals surface area contributed by atoms with Gasteiger partial charge in [0.05, 0.1) is 11.7 Å². The SMILES string of the molecule is CCC[C@@H](O)[C@@H]1OC(=O)C2=C1CCC=C2. The van der Waals surface area contributed by atoms with Gasteiger partial charge in [-0.1, -0.05) is 25.5 Å². The molecule has 0 aromatic heterocycles. The molecule has 1 heterocycles. The topological polar surface area (TPSA) is 46.5 Å². The number of aliphatic hydroxyl groups is 1. The summed E-state index contributed by atoms with van der Waals surface area (Å²) in [6.45, 7) is 2.01. The van der Waals surface area contributed by atoms with Crippen LogP contribution in [0.4, 0.5) is 0 Å². The Labute approximate surface area is 89.4 Å². The van der Waals surface area contributed by atoms with Crippen molar-refractivity contribution in [1.29, 1.82) is 0 Å². The summed E-state index contributed by atoms with van der Waals surface area (Å²) in [6, 6.07) is 0. The van der Waals surface area contributed by atoms with E-state index in [-0.39, 0.29) is 5.97 Å². The van der Waals surface area contributed by atoms with E-state index in [1.54, 1.807) is 0 Å². The fourth-order valence-corrected chi connectivity index (χ4v) is 2.18. The maximum Gasteiger partial charge on any atom is 0.338 e. The molecular weight excluding hydrogens is 192 g/mol. The summed E-state index contributed by atoms with van der Waals surface area (Å²) in [6.07, 6.45) is 6.21. The third kappa shape index (κ3) is 1.84. The minimum atomic E-state index is -0.544.